The average molecular weight is 608 g/mol. The van der Waals surface area contributed by atoms with Crippen molar-refractivity contribution in [3.63, 3.8) is 0 Å². The van der Waals surface area contributed by atoms with Crippen LogP contribution in [0.2, 0.25) is 0 Å². The zero-order chi connectivity index (χ0) is 30.7. The number of anilines is 1. The zero-order valence-corrected chi connectivity index (χ0v) is 25.5. The lowest BCUT2D eigenvalue weighted by molar-refractivity contribution is -0.00743. The number of nitrogens with one attached hydrogen (secondary N) is 5. The summed E-state index contributed by atoms with van der Waals surface area (Å²) in [6.45, 7) is 6.15. The number of benzene rings is 1. The van der Waals surface area contributed by atoms with Crippen molar-refractivity contribution in [2.75, 3.05) is 45.5 Å². The maximum atomic E-state index is 14.0. The first kappa shape index (κ1) is 30.4. The van der Waals surface area contributed by atoms with E-state index in [1.54, 1.807) is 14.0 Å². The molecule has 1 aromatic carbocycles. The van der Waals surface area contributed by atoms with Crippen molar-refractivity contribution in [3.8, 4) is 12.3 Å². The van der Waals surface area contributed by atoms with E-state index in [1.165, 1.54) is 5.56 Å². The molecule has 2 fully saturated rings. The van der Waals surface area contributed by atoms with Crippen molar-refractivity contribution >= 4 is 5.69 Å². The highest BCUT2D eigenvalue weighted by atomic mass is 19.1. The molecule has 6 rings (SSSR count). The lowest BCUT2D eigenvalue weighted by atomic mass is 9.73. The maximum Gasteiger partial charge on any atom is 0.241 e. The third kappa shape index (κ3) is 5.89. The summed E-state index contributed by atoms with van der Waals surface area (Å²) in [5, 5.41) is 27.2. The zero-order valence-electron chi connectivity index (χ0n) is 25.5. The van der Waals surface area contributed by atoms with E-state index in [-0.39, 0.29) is 36.1 Å². The Morgan fingerprint density at radius 2 is 2.05 bits per heavy atom. The number of hydrogen-bond acceptors (Lipinski definition) is 11. The molecule has 5 N–H and O–H groups in total. The van der Waals surface area contributed by atoms with Gasteiger partial charge in [0.05, 0.1) is 43.3 Å². The fraction of sp³-hybridized carbons (Fsp3) is 0.562. The Labute approximate surface area is 257 Å². The molecule has 4 aliphatic heterocycles. The first-order valence-corrected chi connectivity index (χ1v) is 15.4. The summed E-state index contributed by atoms with van der Waals surface area (Å²) in [4.78, 5) is 0. The molecule has 44 heavy (non-hydrogen) atoms. The van der Waals surface area contributed by atoms with Gasteiger partial charge in [-0.15, -0.1) is 16.6 Å². The maximum absolute atomic E-state index is 14.0. The number of terminal acetylenes is 1. The minimum Gasteiger partial charge on any atom is -0.423 e. The van der Waals surface area contributed by atoms with E-state index in [1.807, 2.05) is 19.2 Å². The second-order valence-electron chi connectivity index (χ2n) is 12.0. The average Bonchev–Trinajstić information content (AvgIpc) is 3.82. The van der Waals surface area contributed by atoms with E-state index in [4.69, 9.17) is 25.1 Å². The molecule has 6 atom stereocenters. The third-order valence-electron chi connectivity index (χ3n) is 9.21. The number of rotatable bonds is 11. The van der Waals surface area contributed by atoms with Crippen LogP contribution in [-0.4, -0.2) is 74.6 Å². The topological polar surface area (TPSA) is 127 Å². The van der Waals surface area contributed by atoms with Gasteiger partial charge in [0.15, 0.2) is 5.83 Å². The van der Waals surface area contributed by atoms with E-state index in [2.05, 4.69) is 60.9 Å². The Bertz CT molecular complexity index is 1420. The molecule has 0 radical (unpaired) electrons. The van der Waals surface area contributed by atoms with Crippen LogP contribution in [-0.2, 0) is 19.7 Å². The van der Waals surface area contributed by atoms with Gasteiger partial charge in [-0.1, -0.05) is 18.2 Å². The van der Waals surface area contributed by atoms with E-state index >= 15 is 0 Å². The van der Waals surface area contributed by atoms with E-state index < -0.39 is 11.4 Å². The van der Waals surface area contributed by atoms with Gasteiger partial charge in [-0.25, -0.2) is 0 Å². The lowest BCUT2D eigenvalue weighted by Crippen LogP contribution is -2.69. The number of ether oxygens (including phenoxy) is 3. The Morgan fingerprint density at radius 3 is 2.84 bits per heavy atom. The van der Waals surface area contributed by atoms with E-state index in [9.17, 15) is 4.39 Å². The minimum atomic E-state index is -0.845. The number of fused-ring (bicyclic) bond motifs is 3. The van der Waals surface area contributed by atoms with E-state index in [0.717, 1.165) is 30.6 Å². The van der Waals surface area contributed by atoms with E-state index in [0.29, 0.717) is 50.5 Å². The van der Waals surface area contributed by atoms with Crippen LogP contribution >= 0.6 is 0 Å². The highest BCUT2D eigenvalue weighted by molar-refractivity contribution is 5.61. The number of hydrogen-bond donors (Lipinski definition) is 5. The monoisotopic (exact) mass is 607 g/mol. The van der Waals surface area contributed by atoms with Crippen LogP contribution in [0.3, 0.4) is 0 Å². The fourth-order valence-corrected chi connectivity index (χ4v) is 6.87. The standard InChI is InChI=1S/C32H42FN7O4/c1-5-24(33)19(2)35-20(3)27-17-34-29(37-27)26-16-23-22-8-6-7-9-25(22)36-28(23)32(38-26,18-43-15-14-41-4)31-40-39-30(44-31)21-10-12-42-13-11-21/h1,6-9,17,20-21,23,26,28-29,34-38H,10-16,18H2,2-4H3/b24-19+/t20?,23?,26-,28?,29?,32?/m1/s1. The van der Waals surface area contributed by atoms with Gasteiger partial charge in [0.2, 0.25) is 11.8 Å². The minimum absolute atomic E-state index is 0.0753. The number of nitrogens with zero attached hydrogens (tertiary/aromatic N) is 2. The molecule has 4 aliphatic rings. The summed E-state index contributed by atoms with van der Waals surface area (Å²) in [6.07, 6.45) is 9.54. The molecule has 0 bridgehead atoms. The molecular weight excluding hydrogens is 565 g/mol. The van der Waals surface area contributed by atoms with Crippen molar-refractivity contribution in [3.05, 3.63) is 65.0 Å². The summed E-state index contributed by atoms with van der Waals surface area (Å²) < 4.78 is 37.7. The molecule has 236 valence electrons. The highest BCUT2D eigenvalue weighted by Gasteiger charge is 2.58. The highest BCUT2D eigenvalue weighted by Crippen LogP contribution is 2.49. The summed E-state index contributed by atoms with van der Waals surface area (Å²) >= 11 is 0. The second kappa shape index (κ2) is 13.2. The van der Waals surface area contributed by atoms with Crippen molar-refractivity contribution in [1.29, 1.82) is 0 Å². The van der Waals surface area contributed by atoms with Crippen LogP contribution in [0.4, 0.5) is 10.1 Å². The number of halogens is 1. The van der Waals surface area contributed by atoms with Crippen LogP contribution in [0.15, 0.2) is 52.1 Å². The lowest BCUT2D eigenvalue weighted by Gasteiger charge is -2.48. The smallest absolute Gasteiger partial charge is 0.241 e. The molecule has 0 saturated carbocycles. The van der Waals surface area contributed by atoms with Gasteiger partial charge in [0.25, 0.3) is 0 Å². The van der Waals surface area contributed by atoms with Crippen LogP contribution < -0.4 is 26.6 Å². The molecule has 5 unspecified atom stereocenters. The molecule has 2 saturated heterocycles. The summed E-state index contributed by atoms with van der Waals surface area (Å²) in [6, 6.07) is 8.06. The largest absolute Gasteiger partial charge is 0.423 e. The van der Waals surface area contributed by atoms with Gasteiger partial charge in [-0.05, 0) is 50.7 Å². The van der Waals surface area contributed by atoms with Gasteiger partial charge in [0.1, 0.15) is 11.7 Å². The molecule has 0 amide bonds. The number of methoxy groups -OCH3 is 1. The molecule has 5 heterocycles. The number of piperidine rings is 1. The summed E-state index contributed by atoms with van der Waals surface area (Å²) in [5.74, 6) is 2.89. The van der Waals surface area contributed by atoms with Crippen LogP contribution in [0.1, 0.15) is 62.3 Å². The fourth-order valence-electron chi connectivity index (χ4n) is 6.87. The molecule has 12 heteroatoms. The third-order valence-corrected chi connectivity index (χ3v) is 9.21. The normalized spacial score (nSPS) is 29.2. The molecule has 11 nitrogen and oxygen atoms in total. The Kier molecular flexibility index (Phi) is 9.09. The van der Waals surface area contributed by atoms with Crippen LogP contribution in [0, 0.1) is 12.3 Å². The van der Waals surface area contributed by atoms with Gasteiger partial charge >= 0.3 is 0 Å². The van der Waals surface area contributed by atoms with Gasteiger partial charge < -0.3 is 39.9 Å². The summed E-state index contributed by atoms with van der Waals surface area (Å²) in [5.41, 5.74) is 2.72. The van der Waals surface area contributed by atoms with Crippen LogP contribution in [0.25, 0.3) is 0 Å². The first-order valence-electron chi connectivity index (χ1n) is 15.4. The predicted octanol–water partition coefficient (Wildman–Crippen LogP) is 2.93. The Balaban J connectivity index is 1.31. The van der Waals surface area contributed by atoms with Gasteiger partial charge in [-0.3, -0.25) is 5.32 Å². The molecule has 0 spiro atoms. The second-order valence-corrected chi connectivity index (χ2v) is 12.0. The Hall–Kier alpha value is -3.63. The predicted molar refractivity (Wildman–Crippen MR) is 163 cm³/mol. The number of para-hydroxylation sites is 1. The first-order chi connectivity index (χ1) is 21.4. The van der Waals surface area contributed by atoms with Crippen molar-refractivity contribution in [2.24, 2.45) is 0 Å². The number of aromatic nitrogens is 2. The molecular formula is C32H42FN7O4. The number of allylic oxidation sites excluding steroid dienone is 2. The quantitative estimate of drug-likeness (QED) is 0.191. The molecule has 2 aromatic rings. The van der Waals surface area contributed by atoms with Gasteiger partial charge in [-0.2, -0.15) is 4.39 Å². The van der Waals surface area contributed by atoms with Crippen molar-refractivity contribution < 1.29 is 23.0 Å². The summed E-state index contributed by atoms with van der Waals surface area (Å²) in [7, 11) is 1.66. The molecule has 1 aromatic heterocycles. The SMILES string of the molecule is C#C/C(F)=C(/C)NC(C)C1=CNC([C@H]2CC3c4ccccc4NC3C(COCCOC)(c3nnc(C4CCOCC4)o3)N2)N1. The van der Waals surface area contributed by atoms with Crippen LogP contribution in [0.5, 0.6) is 0 Å². The van der Waals surface area contributed by atoms with Crippen molar-refractivity contribution in [1.82, 2.24) is 31.5 Å². The van der Waals surface area contributed by atoms with Crippen molar-refractivity contribution in [2.45, 2.75) is 74.8 Å². The molecule has 0 aliphatic carbocycles. The van der Waals surface area contributed by atoms with Gasteiger partial charge in [0, 0.05) is 50.1 Å². The Morgan fingerprint density at radius 1 is 1.23 bits per heavy atom.